The van der Waals surface area contributed by atoms with Crippen LogP contribution in [0.3, 0.4) is 0 Å². The lowest BCUT2D eigenvalue weighted by atomic mass is 9.95. The van der Waals surface area contributed by atoms with Gasteiger partial charge < -0.3 is 19.0 Å². The van der Waals surface area contributed by atoms with Crippen molar-refractivity contribution in [2.24, 2.45) is 4.99 Å². The van der Waals surface area contributed by atoms with Crippen molar-refractivity contribution in [1.29, 1.82) is 0 Å². The molecule has 0 aliphatic carbocycles. The lowest BCUT2D eigenvalue weighted by Gasteiger charge is -2.27. The second-order valence-corrected chi connectivity index (χ2v) is 10.2. The first-order valence-corrected chi connectivity index (χ1v) is 11.7. The summed E-state index contributed by atoms with van der Waals surface area (Å²) >= 11 is 1.32. The zero-order valence-electron chi connectivity index (χ0n) is 19.1. The maximum Gasteiger partial charge on any atom is 0.416 e. The number of halogens is 3. The number of nitrogens with one attached hydrogen (secondary N) is 1. The van der Waals surface area contributed by atoms with Crippen molar-refractivity contribution in [2.75, 3.05) is 13.2 Å². The Morgan fingerprint density at radius 2 is 2.06 bits per heavy atom. The van der Waals surface area contributed by atoms with Gasteiger partial charge in [0.15, 0.2) is 4.80 Å². The first kappa shape index (κ1) is 24.3. The molecule has 10 heteroatoms. The monoisotopic (exact) mass is 493 g/mol. The van der Waals surface area contributed by atoms with Gasteiger partial charge in [0.1, 0.15) is 18.1 Å². The predicted octanol–water partition coefficient (Wildman–Crippen LogP) is 4.99. The second kappa shape index (κ2) is 9.42. The van der Waals surface area contributed by atoms with Crippen molar-refractivity contribution < 1.29 is 27.1 Å². The number of nitrogens with zero attached hydrogens (tertiary/aromatic N) is 2. The number of thiazole rings is 1. The fraction of sp³-hybridized carbons (Fsp3) is 0.417. The average Bonchev–Trinajstić information content (AvgIpc) is 3.36. The van der Waals surface area contributed by atoms with Crippen LogP contribution in [-0.2, 0) is 18.1 Å². The minimum Gasteiger partial charge on any atom is -0.491 e. The van der Waals surface area contributed by atoms with Gasteiger partial charge in [0, 0.05) is 17.1 Å². The Morgan fingerprint density at radius 1 is 1.29 bits per heavy atom. The van der Waals surface area contributed by atoms with Gasteiger partial charge >= 0.3 is 6.18 Å². The van der Waals surface area contributed by atoms with Gasteiger partial charge in [-0.3, -0.25) is 4.79 Å². The van der Waals surface area contributed by atoms with Crippen LogP contribution >= 0.6 is 11.3 Å². The van der Waals surface area contributed by atoms with Crippen molar-refractivity contribution in [3.8, 4) is 5.75 Å². The first-order valence-electron chi connectivity index (χ1n) is 10.9. The van der Waals surface area contributed by atoms with Gasteiger partial charge in [0.25, 0.3) is 5.91 Å². The molecule has 1 fully saturated rings. The highest BCUT2D eigenvalue weighted by Gasteiger charge is 2.32. The Morgan fingerprint density at radius 3 is 2.65 bits per heavy atom. The van der Waals surface area contributed by atoms with E-state index in [1.54, 1.807) is 23.0 Å². The highest BCUT2D eigenvalue weighted by Crippen LogP contribution is 2.33. The van der Waals surface area contributed by atoms with Crippen LogP contribution in [0.25, 0.3) is 0 Å². The summed E-state index contributed by atoms with van der Waals surface area (Å²) in [5.74, 6) is -0.0398. The third-order valence-corrected chi connectivity index (χ3v) is 6.91. The van der Waals surface area contributed by atoms with E-state index < -0.39 is 17.6 Å². The quantitative estimate of drug-likeness (QED) is 0.526. The lowest BCUT2D eigenvalue weighted by Crippen LogP contribution is -2.46. The Hall–Kier alpha value is -2.85. The van der Waals surface area contributed by atoms with Crippen molar-refractivity contribution in [2.45, 2.75) is 51.4 Å². The number of hydrogen-bond donors (Lipinski definition) is 1. The maximum atomic E-state index is 13.4. The molecule has 6 nitrogen and oxygen atoms in total. The standard InChI is InChI=1S/C24H26F3N3O3S/c1-23(2,3)20-13-30(12-17-5-4-10-32-17)22(34-20)29-21(31)18-11-15(24(25,26)27)6-7-19(18)33-14-16-8-9-28-16/h4-7,10-11,13,16,28H,8-9,12,14H2,1-3H3/b29-22-/t16-/m1/s1. The minimum atomic E-state index is -4.59. The molecule has 1 aliphatic rings. The molecule has 0 saturated carbocycles. The molecule has 1 aliphatic heterocycles. The Labute approximate surface area is 199 Å². The van der Waals surface area contributed by atoms with Gasteiger partial charge in [-0.1, -0.05) is 20.8 Å². The number of alkyl halides is 3. The average molecular weight is 494 g/mol. The number of hydrogen-bond acceptors (Lipinski definition) is 5. The molecule has 1 amide bonds. The SMILES string of the molecule is CC(C)(C)c1cn(Cc2ccco2)/c(=N/C(=O)c2cc(C(F)(F)F)ccc2OC[C@H]2CCN2)s1. The van der Waals surface area contributed by atoms with Gasteiger partial charge in [0.2, 0.25) is 0 Å². The summed E-state index contributed by atoms with van der Waals surface area (Å²) in [6.07, 6.45) is -0.236. The van der Waals surface area contributed by atoms with E-state index in [4.69, 9.17) is 9.15 Å². The third-order valence-electron chi connectivity index (χ3n) is 5.47. The summed E-state index contributed by atoms with van der Waals surface area (Å²) in [7, 11) is 0. The highest BCUT2D eigenvalue weighted by atomic mass is 32.1. The number of aromatic nitrogens is 1. The summed E-state index contributed by atoms with van der Waals surface area (Å²) in [5.41, 5.74) is -1.35. The first-order chi connectivity index (χ1) is 16.0. The number of carbonyl (C=O) groups is 1. The van der Waals surface area contributed by atoms with E-state index in [1.165, 1.54) is 17.4 Å². The number of benzene rings is 1. The van der Waals surface area contributed by atoms with Crippen LogP contribution < -0.4 is 14.9 Å². The third kappa shape index (κ3) is 5.61. The molecule has 4 rings (SSSR count). The molecule has 182 valence electrons. The molecule has 1 atom stereocenters. The lowest BCUT2D eigenvalue weighted by molar-refractivity contribution is -0.137. The molecule has 1 aromatic carbocycles. The Bertz CT molecular complexity index is 1220. The van der Waals surface area contributed by atoms with E-state index in [1.807, 2.05) is 27.0 Å². The largest absolute Gasteiger partial charge is 0.491 e. The van der Waals surface area contributed by atoms with E-state index in [9.17, 15) is 18.0 Å². The van der Waals surface area contributed by atoms with E-state index >= 15 is 0 Å². The van der Waals surface area contributed by atoms with Crippen molar-refractivity contribution in [3.05, 3.63) is 69.4 Å². The molecule has 0 unspecified atom stereocenters. The van der Waals surface area contributed by atoms with Crippen LogP contribution in [0.15, 0.2) is 52.2 Å². The Kier molecular flexibility index (Phi) is 6.73. The predicted molar refractivity (Wildman–Crippen MR) is 122 cm³/mol. The number of ether oxygens (including phenoxy) is 1. The zero-order chi connectivity index (χ0) is 24.5. The molecule has 0 spiro atoms. The van der Waals surface area contributed by atoms with E-state index in [0.717, 1.165) is 30.0 Å². The fourth-order valence-electron chi connectivity index (χ4n) is 3.33. The van der Waals surface area contributed by atoms with E-state index in [0.29, 0.717) is 17.1 Å². The van der Waals surface area contributed by atoms with Crippen LogP contribution in [-0.4, -0.2) is 29.7 Å². The summed E-state index contributed by atoms with van der Waals surface area (Å²) in [5, 5.41) is 3.16. The smallest absolute Gasteiger partial charge is 0.416 e. The second-order valence-electron chi connectivity index (χ2n) is 9.21. The van der Waals surface area contributed by atoms with Crippen LogP contribution in [0, 0.1) is 0 Å². The summed E-state index contributed by atoms with van der Waals surface area (Å²) in [6, 6.07) is 6.60. The van der Waals surface area contributed by atoms with Crippen LogP contribution in [0.5, 0.6) is 5.75 Å². The van der Waals surface area contributed by atoms with E-state index in [-0.39, 0.29) is 29.4 Å². The summed E-state index contributed by atoms with van der Waals surface area (Å²) < 4.78 is 53.0. The molecular weight excluding hydrogens is 467 g/mol. The fourth-order valence-corrected chi connectivity index (χ4v) is 4.37. The van der Waals surface area contributed by atoms with Gasteiger partial charge in [-0.15, -0.1) is 11.3 Å². The van der Waals surface area contributed by atoms with Crippen LogP contribution in [0.1, 0.15) is 53.8 Å². The van der Waals surface area contributed by atoms with Gasteiger partial charge in [-0.05, 0) is 48.7 Å². The molecule has 1 saturated heterocycles. The topological polar surface area (TPSA) is 68.8 Å². The molecule has 34 heavy (non-hydrogen) atoms. The molecule has 0 radical (unpaired) electrons. The molecular formula is C24H26F3N3O3S. The van der Waals surface area contributed by atoms with Gasteiger partial charge in [-0.25, -0.2) is 0 Å². The summed E-state index contributed by atoms with van der Waals surface area (Å²) in [4.78, 5) is 18.8. The van der Waals surface area contributed by atoms with Crippen LogP contribution in [0.4, 0.5) is 13.2 Å². The van der Waals surface area contributed by atoms with Gasteiger partial charge in [-0.2, -0.15) is 18.2 Å². The molecule has 3 aromatic rings. The minimum absolute atomic E-state index is 0.0839. The normalized spacial score (nSPS) is 17.0. The highest BCUT2D eigenvalue weighted by molar-refractivity contribution is 7.09. The van der Waals surface area contributed by atoms with Crippen molar-refractivity contribution >= 4 is 17.2 Å². The summed E-state index contributed by atoms with van der Waals surface area (Å²) in [6.45, 7) is 7.58. The maximum absolute atomic E-state index is 13.4. The molecule has 3 heterocycles. The molecule has 0 bridgehead atoms. The number of carbonyl (C=O) groups excluding carboxylic acids is 1. The number of furan rings is 1. The number of rotatable bonds is 6. The molecule has 2 aromatic heterocycles. The van der Waals surface area contributed by atoms with Crippen molar-refractivity contribution in [3.63, 3.8) is 0 Å². The van der Waals surface area contributed by atoms with E-state index in [2.05, 4.69) is 10.3 Å². The molecule has 1 N–H and O–H groups in total. The van der Waals surface area contributed by atoms with Crippen molar-refractivity contribution in [1.82, 2.24) is 9.88 Å². The van der Waals surface area contributed by atoms with Crippen LogP contribution in [0.2, 0.25) is 0 Å². The van der Waals surface area contributed by atoms with Gasteiger partial charge in [0.05, 0.1) is 23.9 Å². The zero-order valence-corrected chi connectivity index (χ0v) is 19.9. The number of amides is 1. The Balaban J connectivity index is 1.73.